The highest BCUT2D eigenvalue weighted by Gasteiger charge is 2.40. The average Bonchev–Trinajstić information content (AvgIpc) is 3.10. The number of sulfone groups is 1. The van der Waals surface area contributed by atoms with Crippen LogP contribution in [-0.4, -0.2) is 56.0 Å². The zero-order valence-corrected chi connectivity index (χ0v) is 12.6. The van der Waals surface area contributed by atoms with E-state index < -0.39 is 9.84 Å². The zero-order valence-electron chi connectivity index (χ0n) is 11.8. The molecule has 2 aliphatic rings. The molecule has 0 aromatic rings. The van der Waals surface area contributed by atoms with Crippen LogP contribution < -0.4 is 5.32 Å². The van der Waals surface area contributed by atoms with Gasteiger partial charge >= 0.3 is 0 Å². The molecule has 1 heterocycles. The van der Waals surface area contributed by atoms with E-state index in [0.29, 0.717) is 18.3 Å². The molecule has 18 heavy (non-hydrogen) atoms. The van der Waals surface area contributed by atoms with Crippen molar-refractivity contribution in [2.45, 2.75) is 45.2 Å². The van der Waals surface area contributed by atoms with E-state index in [2.05, 4.69) is 24.1 Å². The monoisotopic (exact) mass is 274 g/mol. The van der Waals surface area contributed by atoms with Crippen LogP contribution in [0.2, 0.25) is 0 Å². The minimum Gasteiger partial charge on any atom is -0.309 e. The SMILES string of the molecule is CCS(=O)(=O)CCN1CC(C)(C)NCC1C1CC1. The average molecular weight is 274 g/mol. The lowest BCUT2D eigenvalue weighted by Gasteiger charge is -2.45. The van der Waals surface area contributed by atoms with Crippen molar-refractivity contribution in [2.75, 3.05) is 31.1 Å². The molecule has 0 amide bonds. The highest BCUT2D eigenvalue weighted by Crippen LogP contribution is 2.37. The Labute approximate surface area is 111 Å². The zero-order chi connectivity index (χ0) is 13.4. The summed E-state index contributed by atoms with van der Waals surface area (Å²) in [5.74, 6) is 1.36. The molecule has 1 aliphatic heterocycles. The van der Waals surface area contributed by atoms with Gasteiger partial charge in [-0.05, 0) is 32.6 Å². The molecule has 106 valence electrons. The van der Waals surface area contributed by atoms with Crippen molar-refractivity contribution in [3.05, 3.63) is 0 Å². The molecule has 1 atom stereocenters. The van der Waals surface area contributed by atoms with Gasteiger partial charge in [-0.3, -0.25) is 4.90 Å². The first kappa shape index (κ1) is 14.3. The molecule has 1 saturated carbocycles. The summed E-state index contributed by atoms with van der Waals surface area (Å²) in [5.41, 5.74) is 0.0986. The number of rotatable bonds is 5. The first-order valence-electron chi connectivity index (χ1n) is 7.02. The van der Waals surface area contributed by atoms with E-state index in [1.807, 2.05) is 0 Å². The van der Waals surface area contributed by atoms with Crippen molar-refractivity contribution in [1.29, 1.82) is 0 Å². The van der Waals surface area contributed by atoms with Gasteiger partial charge in [-0.25, -0.2) is 8.42 Å². The largest absolute Gasteiger partial charge is 0.309 e. The summed E-state index contributed by atoms with van der Waals surface area (Å²) in [6.45, 7) is 8.77. The fourth-order valence-corrected chi connectivity index (χ4v) is 3.58. The molecule has 0 bridgehead atoms. The predicted molar refractivity (Wildman–Crippen MR) is 74.5 cm³/mol. The maximum atomic E-state index is 11.7. The van der Waals surface area contributed by atoms with E-state index >= 15 is 0 Å². The minimum atomic E-state index is -2.85. The molecule has 0 spiro atoms. The fourth-order valence-electron chi connectivity index (χ4n) is 2.78. The lowest BCUT2D eigenvalue weighted by molar-refractivity contribution is 0.0889. The van der Waals surface area contributed by atoms with Gasteiger partial charge in [0.05, 0.1) is 5.75 Å². The third kappa shape index (κ3) is 3.68. The Bertz CT molecular complexity index is 388. The van der Waals surface area contributed by atoms with Crippen LogP contribution in [0.15, 0.2) is 0 Å². The Balaban J connectivity index is 1.97. The third-order valence-electron chi connectivity index (χ3n) is 4.15. The lowest BCUT2D eigenvalue weighted by Crippen LogP contribution is -2.62. The quantitative estimate of drug-likeness (QED) is 0.809. The summed E-state index contributed by atoms with van der Waals surface area (Å²) in [5, 5.41) is 3.58. The first-order valence-corrected chi connectivity index (χ1v) is 8.84. The second-order valence-electron chi connectivity index (χ2n) is 6.38. The summed E-state index contributed by atoms with van der Waals surface area (Å²) >= 11 is 0. The molecule has 1 unspecified atom stereocenters. The van der Waals surface area contributed by atoms with Gasteiger partial charge in [0.2, 0.25) is 0 Å². The first-order chi connectivity index (χ1) is 8.33. The Morgan fingerprint density at radius 3 is 2.56 bits per heavy atom. The van der Waals surface area contributed by atoms with Crippen LogP contribution in [0.1, 0.15) is 33.6 Å². The number of nitrogens with one attached hydrogen (secondary N) is 1. The van der Waals surface area contributed by atoms with Crippen molar-refractivity contribution in [1.82, 2.24) is 10.2 Å². The van der Waals surface area contributed by atoms with Gasteiger partial charge in [-0.15, -0.1) is 0 Å². The Morgan fingerprint density at radius 2 is 2.00 bits per heavy atom. The number of nitrogens with zero attached hydrogens (tertiary/aromatic N) is 1. The molecular formula is C13H26N2O2S. The van der Waals surface area contributed by atoms with Crippen LogP contribution >= 0.6 is 0 Å². The fraction of sp³-hybridized carbons (Fsp3) is 1.00. The van der Waals surface area contributed by atoms with E-state index in [4.69, 9.17) is 0 Å². The van der Waals surface area contributed by atoms with E-state index in [-0.39, 0.29) is 11.3 Å². The highest BCUT2D eigenvalue weighted by atomic mass is 32.2. The molecule has 0 radical (unpaired) electrons. The molecule has 0 aromatic carbocycles. The third-order valence-corrected chi connectivity index (χ3v) is 5.84. The molecule has 5 heteroatoms. The maximum Gasteiger partial charge on any atom is 0.151 e. The van der Waals surface area contributed by atoms with Gasteiger partial charge in [0.15, 0.2) is 9.84 Å². The van der Waals surface area contributed by atoms with Gasteiger partial charge in [-0.2, -0.15) is 0 Å². The minimum absolute atomic E-state index is 0.0986. The van der Waals surface area contributed by atoms with Crippen molar-refractivity contribution in [3.63, 3.8) is 0 Å². The molecule has 2 rings (SSSR count). The van der Waals surface area contributed by atoms with Crippen LogP contribution in [0, 0.1) is 5.92 Å². The second kappa shape index (κ2) is 5.10. The summed E-state index contributed by atoms with van der Waals surface area (Å²) < 4.78 is 23.3. The van der Waals surface area contributed by atoms with Gasteiger partial charge in [0.1, 0.15) is 0 Å². The number of piperazine rings is 1. The van der Waals surface area contributed by atoms with Crippen LogP contribution in [0.25, 0.3) is 0 Å². The van der Waals surface area contributed by atoms with E-state index in [9.17, 15) is 8.42 Å². The van der Waals surface area contributed by atoms with Gasteiger partial charge in [-0.1, -0.05) is 6.92 Å². The molecular weight excluding hydrogens is 248 g/mol. The van der Waals surface area contributed by atoms with E-state index in [0.717, 1.165) is 19.0 Å². The van der Waals surface area contributed by atoms with Crippen LogP contribution in [0.4, 0.5) is 0 Å². The smallest absolute Gasteiger partial charge is 0.151 e. The van der Waals surface area contributed by atoms with Crippen LogP contribution in [0.3, 0.4) is 0 Å². The molecule has 1 aliphatic carbocycles. The molecule has 1 N–H and O–H groups in total. The van der Waals surface area contributed by atoms with Crippen LogP contribution in [-0.2, 0) is 9.84 Å². The normalized spacial score (nSPS) is 29.4. The topological polar surface area (TPSA) is 49.4 Å². The Kier molecular flexibility index (Phi) is 4.04. The highest BCUT2D eigenvalue weighted by molar-refractivity contribution is 7.91. The van der Waals surface area contributed by atoms with Gasteiger partial charge < -0.3 is 5.32 Å². The summed E-state index contributed by atoms with van der Waals surface area (Å²) in [7, 11) is -2.85. The Morgan fingerprint density at radius 1 is 1.33 bits per heavy atom. The predicted octanol–water partition coefficient (Wildman–Crippen LogP) is 0.884. The summed E-state index contributed by atoms with van der Waals surface area (Å²) in [4.78, 5) is 2.40. The van der Waals surface area contributed by atoms with Crippen LogP contribution in [0.5, 0.6) is 0 Å². The second-order valence-corrected chi connectivity index (χ2v) is 8.85. The summed E-state index contributed by atoms with van der Waals surface area (Å²) in [6.07, 6.45) is 2.62. The number of hydrogen-bond acceptors (Lipinski definition) is 4. The van der Waals surface area contributed by atoms with Crippen molar-refractivity contribution < 1.29 is 8.42 Å². The molecule has 1 saturated heterocycles. The number of hydrogen-bond donors (Lipinski definition) is 1. The maximum absolute atomic E-state index is 11.7. The molecule has 0 aromatic heterocycles. The van der Waals surface area contributed by atoms with E-state index in [1.165, 1.54) is 12.8 Å². The van der Waals surface area contributed by atoms with Crippen molar-refractivity contribution >= 4 is 9.84 Å². The van der Waals surface area contributed by atoms with Gasteiger partial charge in [0, 0.05) is 37.0 Å². The van der Waals surface area contributed by atoms with E-state index in [1.54, 1.807) is 6.92 Å². The standard InChI is InChI=1S/C13H26N2O2S/c1-4-18(16,17)8-7-15-10-13(2,3)14-9-12(15)11-5-6-11/h11-12,14H,4-10H2,1-3H3. The molecule has 4 nitrogen and oxygen atoms in total. The van der Waals surface area contributed by atoms with Crippen molar-refractivity contribution in [2.24, 2.45) is 5.92 Å². The van der Waals surface area contributed by atoms with Gasteiger partial charge in [0.25, 0.3) is 0 Å². The lowest BCUT2D eigenvalue weighted by atomic mass is 9.97. The van der Waals surface area contributed by atoms with Crippen molar-refractivity contribution in [3.8, 4) is 0 Å². The summed E-state index contributed by atoms with van der Waals surface area (Å²) in [6, 6.07) is 0.546. The Hall–Kier alpha value is -0.130. The molecule has 2 fully saturated rings.